The van der Waals surface area contributed by atoms with E-state index in [1.165, 1.54) is 11.3 Å². The van der Waals surface area contributed by atoms with Gasteiger partial charge in [0.1, 0.15) is 11.4 Å². The Bertz CT molecular complexity index is 1370. The van der Waals surface area contributed by atoms with Crippen molar-refractivity contribution in [3.05, 3.63) is 81.9 Å². The first-order chi connectivity index (χ1) is 18.1. The van der Waals surface area contributed by atoms with E-state index in [4.69, 9.17) is 4.74 Å². The first kappa shape index (κ1) is 25.0. The average Bonchev–Trinajstić information content (AvgIpc) is 3.58. The molecule has 0 spiro atoms. The van der Waals surface area contributed by atoms with Crippen LogP contribution in [0.4, 0.5) is 0 Å². The van der Waals surface area contributed by atoms with Crippen LogP contribution in [-0.2, 0) is 17.6 Å². The number of benzene rings is 2. The second kappa shape index (κ2) is 11.6. The molecule has 2 aromatic heterocycles. The number of likely N-dealkylation sites (tertiary alicyclic amines) is 1. The lowest BCUT2D eigenvalue weighted by atomic mass is 9.97. The molecule has 1 aliphatic rings. The zero-order valence-corrected chi connectivity index (χ0v) is 21.9. The molecule has 2 aromatic carbocycles. The lowest BCUT2D eigenvalue weighted by molar-refractivity contribution is -0.131. The number of piperidine rings is 1. The number of para-hydroxylation sites is 2. The smallest absolute Gasteiger partial charge is 0.270 e. The molecule has 8 heteroatoms. The van der Waals surface area contributed by atoms with Crippen molar-refractivity contribution in [1.82, 2.24) is 20.2 Å². The Morgan fingerprint density at radius 1 is 1.11 bits per heavy atom. The van der Waals surface area contributed by atoms with Crippen LogP contribution in [-0.4, -0.2) is 52.9 Å². The maximum Gasteiger partial charge on any atom is 0.270 e. The van der Waals surface area contributed by atoms with E-state index in [-0.39, 0.29) is 17.7 Å². The fourth-order valence-electron chi connectivity index (χ4n) is 4.92. The molecule has 0 aliphatic carbocycles. The summed E-state index contributed by atoms with van der Waals surface area (Å²) in [5.41, 5.74) is 3.65. The number of ether oxygens (including phenoxy) is 1. The highest BCUT2D eigenvalue weighted by atomic mass is 32.1. The minimum Gasteiger partial charge on any atom is -0.494 e. The Balaban J connectivity index is 1.10. The van der Waals surface area contributed by atoms with Gasteiger partial charge in [0.25, 0.3) is 5.91 Å². The molecule has 2 N–H and O–H groups in total. The number of hydrogen-bond acceptors (Lipinski definition) is 5. The Morgan fingerprint density at radius 3 is 2.73 bits per heavy atom. The third-order valence-corrected chi connectivity index (χ3v) is 7.93. The van der Waals surface area contributed by atoms with Gasteiger partial charge in [0.05, 0.1) is 18.0 Å². The Hall–Kier alpha value is -3.65. The monoisotopic (exact) mass is 516 g/mol. The van der Waals surface area contributed by atoms with E-state index in [0.717, 1.165) is 45.6 Å². The minimum absolute atomic E-state index is 0.150. The predicted octanol–water partition coefficient (Wildman–Crippen LogP) is 4.94. The van der Waals surface area contributed by atoms with E-state index in [1.54, 1.807) is 0 Å². The van der Waals surface area contributed by atoms with Gasteiger partial charge in [-0.3, -0.25) is 9.59 Å². The van der Waals surface area contributed by atoms with E-state index < -0.39 is 0 Å². The molecule has 1 fully saturated rings. The van der Waals surface area contributed by atoms with Crippen LogP contribution in [0.25, 0.3) is 10.9 Å². The molecule has 0 saturated carbocycles. The number of hydrogen-bond donors (Lipinski definition) is 2. The minimum atomic E-state index is -0.150. The van der Waals surface area contributed by atoms with Crippen LogP contribution >= 0.6 is 11.3 Å². The van der Waals surface area contributed by atoms with E-state index >= 15 is 0 Å². The van der Waals surface area contributed by atoms with Gasteiger partial charge in [0.15, 0.2) is 0 Å². The van der Waals surface area contributed by atoms with Crippen molar-refractivity contribution in [1.29, 1.82) is 0 Å². The fourth-order valence-corrected chi connectivity index (χ4v) is 5.89. The maximum absolute atomic E-state index is 12.9. The zero-order chi connectivity index (χ0) is 25.6. The average molecular weight is 517 g/mol. The summed E-state index contributed by atoms with van der Waals surface area (Å²) >= 11 is 1.54. The molecule has 0 radical (unpaired) electrons. The van der Waals surface area contributed by atoms with E-state index in [1.807, 2.05) is 65.9 Å². The highest BCUT2D eigenvalue weighted by Gasteiger charge is 2.26. The van der Waals surface area contributed by atoms with Gasteiger partial charge in [0, 0.05) is 48.0 Å². The summed E-state index contributed by atoms with van der Waals surface area (Å²) in [6, 6.07) is 16.0. The molecular weight excluding hydrogens is 484 g/mol. The third kappa shape index (κ3) is 5.85. The molecule has 0 bridgehead atoms. The number of nitrogens with zero attached hydrogens (tertiary/aromatic N) is 2. The molecule has 0 atom stereocenters. The molecule has 0 unspecified atom stereocenters. The standard InChI is InChI=1S/C29H32N4O3S/c1-2-36-26-10-6-3-7-20(26)11-14-30-28(35)25-19-37-29(32-25)21-12-15-33(16-13-21)27(34)17-22-18-31-24-9-5-4-8-23(22)24/h3-10,18-19,21,31H,2,11-17H2,1H3,(H,30,35). The first-order valence-electron chi connectivity index (χ1n) is 12.9. The van der Waals surface area contributed by atoms with Crippen LogP contribution in [0.5, 0.6) is 5.75 Å². The largest absolute Gasteiger partial charge is 0.494 e. The summed E-state index contributed by atoms with van der Waals surface area (Å²) in [6.07, 6.45) is 4.77. The number of thiazole rings is 1. The number of fused-ring (bicyclic) bond motifs is 1. The third-order valence-electron chi connectivity index (χ3n) is 6.92. The quantitative estimate of drug-likeness (QED) is 0.330. The SMILES string of the molecule is CCOc1ccccc1CCNC(=O)c1csc(C2CCN(C(=O)Cc3c[nH]c4ccccc34)CC2)n1. The topological polar surface area (TPSA) is 87.3 Å². The summed E-state index contributed by atoms with van der Waals surface area (Å²) in [7, 11) is 0. The normalized spacial score (nSPS) is 14.1. The van der Waals surface area contributed by atoms with Gasteiger partial charge in [-0.15, -0.1) is 11.3 Å². The zero-order valence-electron chi connectivity index (χ0n) is 21.0. The predicted molar refractivity (Wildman–Crippen MR) is 146 cm³/mol. The fraction of sp³-hybridized carbons (Fsp3) is 0.345. The van der Waals surface area contributed by atoms with Gasteiger partial charge in [-0.1, -0.05) is 36.4 Å². The van der Waals surface area contributed by atoms with E-state index in [9.17, 15) is 9.59 Å². The van der Waals surface area contributed by atoms with Gasteiger partial charge in [-0.2, -0.15) is 0 Å². The van der Waals surface area contributed by atoms with E-state index in [2.05, 4.69) is 21.4 Å². The van der Waals surface area contributed by atoms with Crippen LogP contribution < -0.4 is 10.1 Å². The summed E-state index contributed by atoms with van der Waals surface area (Å²) < 4.78 is 5.67. The molecule has 4 aromatic rings. The lowest BCUT2D eigenvalue weighted by Gasteiger charge is -2.31. The highest BCUT2D eigenvalue weighted by molar-refractivity contribution is 7.09. The second-order valence-corrected chi connectivity index (χ2v) is 10.2. The van der Waals surface area contributed by atoms with Gasteiger partial charge in [-0.05, 0) is 49.4 Å². The van der Waals surface area contributed by atoms with Crippen molar-refractivity contribution in [2.24, 2.45) is 0 Å². The van der Waals surface area contributed by atoms with Crippen LogP contribution in [0.1, 0.15) is 52.3 Å². The van der Waals surface area contributed by atoms with Gasteiger partial charge in [0.2, 0.25) is 5.91 Å². The number of H-pyrrole nitrogens is 1. The molecule has 5 rings (SSSR count). The molecule has 2 amide bonds. The van der Waals surface area contributed by atoms with Crippen molar-refractivity contribution in [3.63, 3.8) is 0 Å². The van der Waals surface area contributed by atoms with Crippen molar-refractivity contribution in [2.75, 3.05) is 26.2 Å². The molecule has 192 valence electrons. The van der Waals surface area contributed by atoms with Crippen LogP contribution in [0.2, 0.25) is 0 Å². The number of carbonyl (C=O) groups is 2. The molecular formula is C29H32N4O3S. The number of rotatable bonds is 9. The Labute approximate surface area is 220 Å². The van der Waals surface area contributed by atoms with Crippen LogP contribution in [0.15, 0.2) is 60.1 Å². The number of aromatic nitrogens is 2. The summed E-state index contributed by atoms with van der Waals surface area (Å²) in [6.45, 7) is 4.53. The summed E-state index contributed by atoms with van der Waals surface area (Å²) in [4.78, 5) is 35.5. The van der Waals surface area contributed by atoms with E-state index in [0.29, 0.717) is 44.8 Å². The van der Waals surface area contributed by atoms with Crippen LogP contribution in [0.3, 0.4) is 0 Å². The number of aromatic amines is 1. The number of carbonyl (C=O) groups excluding carboxylic acids is 2. The summed E-state index contributed by atoms with van der Waals surface area (Å²) in [5.74, 6) is 1.15. The molecule has 7 nitrogen and oxygen atoms in total. The Kier molecular flexibility index (Phi) is 7.84. The van der Waals surface area contributed by atoms with Crippen molar-refractivity contribution < 1.29 is 14.3 Å². The number of amides is 2. The first-order valence-corrected chi connectivity index (χ1v) is 13.8. The number of nitrogens with one attached hydrogen (secondary N) is 2. The second-order valence-electron chi connectivity index (χ2n) is 9.31. The molecule has 1 saturated heterocycles. The molecule has 37 heavy (non-hydrogen) atoms. The van der Waals surface area contributed by atoms with Gasteiger partial charge >= 0.3 is 0 Å². The van der Waals surface area contributed by atoms with Crippen molar-refractivity contribution >= 4 is 34.1 Å². The summed E-state index contributed by atoms with van der Waals surface area (Å²) in [5, 5.41) is 6.91. The maximum atomic E-state index is 12.9. The Morgan fingerprint density at radius 2 is 1.89 bits per heavy atom. The lowest BCUT2D eigenvalue weighted by Crippen LogP contribution is -2.38. The van der Waals surface area contributed by atoms with Crippen LogP contribution in [0, 0.1) is 0 Å². The molecule has 1 aliphatic heterocycles. The van der Waals surface area contributed by atoms with Gasteiger partial charge < -0.3 is 19.9 Å². The molecule has 3 heterocycles. The van der Waals surface area contributed by atoms with Crippen molar-refractivity contribution in [2.45, 2.75) is 38.5 Å². The van der Waals surface area contributed by atoms with Gasteiger partial charge in [-0.25, -0.2) is 4.98 Å². The van der Waals surface area contributed by atoms with Crippen molar-refractivity contribution in [3.8, 4) is 5.75 Å². The highest BCUT2D eigenvalue weighted by Crippen LogP contribution is 2.31.